The number of thiocarbonyl (C=S) groups is 1. The van der Waals surface area contributed by atoms with E-state index in [9.17, 15) is 13.2 Å². The number of carbonyl (C=O) groups excluding carboxylic acids is 1. The first kappa shape index (κ1) is 13.3. The fourth-order valence-electron chi connectivity index (χ4n) is 0.403. The smallest absolute Gasteiger partial charge is 0.323 e. The third-order valence-corrected chi connectivity index (χ3v) is 2.44. The fourth-order valence-corrected chi connectivity index (χ4v) is 1.31. The highest BCUT2D eigenvalue weighted by atomic mass is 32.2. The third kappa shape index (κ3) is 5.10. The van der Waals surface area contributed by atoms with Gasteiger partial charge in [-0.1, -0.05) is 0 Å². The van der Waals surface area contributed by atoms with E-state index < -0.39 is 20.4 Å². The zero-order valence-electron chi connectivity index (χ0n) is 7.94. The van der Waals surface area contributed by atoms with Crippen LogP contribution >= 0.6 is 12.2 Å². The number of rotatable bonds is 3. The Morgan fingerprint density at radius 3 is 2.29 bits per heavy atom. The summed E-state index contributed by atoms with van der Waals surface area (Å²) in [5.74, 6) is -0.791. The van der Waals surface area contributed by atoms with Crippen molar-refractivity contribution < 1.29 is 22.8 Å². The molecule has 0 heterocycles. The summed E-state index contributed by atoms with van der Waals surface area (Å²) in [5.41, 5.74) is 0. The molecule has 0 aliphatic carbocycles. The lowest BCUT2D eigenvalue weighted by Gasteiger charge is -2.10. The number of hydrogen-bond acceptors (Lipinski definition) is 6. The van der Waals surface area contributed by atoms with E-state index in [0.717, 1.165) is 6.92 Å². The lowest BCUT2D eigenvalue weighted by molar-refractivity contribution is -0.144. The molecule has 0 radical (unpaired) electrons. The average molecular weight is 241 g/mol. The molecule has 0 spiro atoms. The zero-order valence-corrected chi connectivity index (χ0v) is 9.57. The first-order valence-corrected chi connectivity index (χ1v) is 5.54. The molecule has 82 valence electrons. The summed E-state index contributed by atoms with van der Waals surface area (Å²) in [6, 6.07) is 0. The molecule has 0 aliphatic heterocycles. The van der Waals surface area contributed by atoms with Crippen LogP contribution in [-0.4, -0.2) is 24.9 Å². The highest BCUT2D eigenvalue weighted by Gasteiger charge is 2.21. The lowest BCUT2D eigenvalue weighted by atomic mass is 10.5. The molecule has 0 aliphatic rings. The van der Waals surface area contributed by atoms with Crippen molar-refractivity contribution in [3.63, 3.8) is 0 Å². The van der Waals surface area contributed by atoms with E-state index in [2.05, 4.69) is 17.1 Å². The van der Waals surface area contributed by atoms with Crippen molar-refractivity contribution in [2.24, 2.45) is 0 Å². The monoisotopic (exact) mass is 241 g/mol. The first-order chi connectivity index (χ1) is 6.25. The molecule has 0 unspecified atom stereocenters. The highest BCUT2D eigenvalue weighted by molar-refractivity contribution is 8.15. The van der Waals surface area contributed by atoms with Gasteiger partial charge < -0.3 is 9.57 Å². The van der Waals surface area contributed by atoms with Crippen LogP contribution in [0.15, 0.2) is 0 Å². The minimum atomic E-state index is -4.03. The lowest BCUT2D eigenvalue weighted by Crippen LogP contribution is -2.33. The number of ether oxygens (including phenoxy) is 1. The summed E-state index contributed by atoms with van der Waals surface area (Å²) in [6.45, 7) is 4.29. The normalized spacial score (nSPS) is 11.1. The molecule has 14 heavy (non-hydrogen) atoms. The van der Waals surface area contributed by atoms with Crippen LogP contribution < -0.4 is 4.89 Å². The van der Waals surface area contributed by atoms with E-state index >= 15 is 0 Å². The van der Waals surface area contributed by atoms with Crippen molar-refractivity contribution in [2.75, 3.05) is 0 Å². The second-order valence-corrected chi connectivity index (χ2v) is 4.77. The van der Waals surface area contributed by atoms with Crippen molar-refractivity contribution >= 4 is 32.6 Å². The maximum atomic E-state index is 11.1. The summed E-state index contributed by atoms with van der Waals surface area (Å²) in [4.78, 5) is 15.9. The Morgan fingerprint density at radius 1 is 1.43 bits per heavy atom. The average Bonchev–Trinajstić information content (AvgIpc) is 1.99. The Morgan fingerprint density at radius 2 is 1.93 bits per heavy atom. The molecule has 0 fully saturated rings. The largest absolute Gasteiger partial charge is 0.471 e. The molecule has 0 atom stereocenters. The molecular formula is C6H11NO5S2. The highest BCUT2D eigenvalue weighted by Crippen LogP contribution is 1.98. The van der Waals surface area contributed by atoms with E-state index in [1.807, 2.05) is 0 Å². The van der Waals surface area contributed by atoms with Gasteiger partial charge in [0.25, 0.3) is 4.38 Å². The molecule has 1 N–H and O–H groups in total. The zero-order chi connectivity index (χ0) is 11.4. The molecule has 0 aromatic heterocycles. The molecule has 0 amide bonds. The standard InChI is InChI=1S/C6H11NO5S2/c1-4(2)11-6(13)14(9,10)7-12-5(3)8/h4,7H,1-3H3. The van der Waals surface area contributed by atoms with E-state index in [1.165, 1.54) is 4.89 Å². The molecular weight excluding hydrogens is 230 g/mol. The molecule has 0 saturated heterocycles. The molecule has 6 nitrogen and oxygen atoms in total. The summed E-state index contributed by atoms with van der Waals surface area (Å²) in [6.07, 6.45) is -0.364. The number of hydrogen-bond donors (Lipinski definition) is 1. The Labute approximate surface area is 87.6 Å². The van der Waals surface area contributed by atoms with E-state index in [-0.39, 0.29) is 6.10 Å². The van der Waals surface area contributed by atoms with Gasteiger partial charge >= 0.3 is 16.0 Å². The van der Waals surface area contributed by atoms with E-state index in [1.54, 1.807) is 13.8 Å². The van der Waals surface area contributed by atoms with Gasteiger partial charge in [0.2, 0.25) is 0 Å². The Balaban J connectivity index is 4.32. The molecule has 0 aromatic rings. The summed E-state index contributed by atoms with van der Waals surface area (Å²) >= 11 is 4.45. The van der Waals surface area contributed by atoms with Crippen molar-refractivity contribution in [1.82, 2.24) is 4.89 Å². The molecule has 0 saturated carbocycles. The van der Waals surface area contributed by atoms with Crippen molar-refractivity contribution in [3.8, 4) is 0 Å². The second-order valence-electron chi connectivity index (χ2n) is 2.60. The van der Waals surface area contributed by atoms with Gasteiger partial charge in [-0.25, -0.2) is 0 Å². The van der Waals surface area contributed by atoms with Crippen molar-refractivity contribution in [2.45, 2.75) is 26.9 Å². The maximum absolute atomic E-state index is 11.1. The maximum Gasteiger partial charge on any atom is 0.323 e. The Kier molecular flexibility index (Phi) is 4.95. The predicted molar refractivity (Wildman–Crippen MR) is 52.6 cm³/mol. The summed E-state index contributed by atoms with van der Waals surface area (Å²) in [5, 5.41) is 0. The SMILES string of the molecule is CC(=O)ONS(=O)(=O)C(=S)OC(C)C. The van der Waals surface area contributed by atoms with Crippen LogP contribution in [-0.2, 0) is 24.4 Å². The van der Waals surface area contributed by atoms with Crippen LogP contribution in [0.3, 0.4) is 0 Å². The van der Waals surface area contributed by atoms with Crippen LogP contribution in [0.25, 0.3) is 0 Å². The summed E-state index contributed by atoms with van der Waals surface area (Å²) < 4.78 is 26.3. The molecule has 8 heteroatoms. The molecule has 0 aromatic carbocycles. The minimum absolute atomic E-state index is 0.364. The van der Waals surface area contributed by atoms with Crippen LogP contribution in [0.5, 0.6) is 0 Å². The number of nitrogens with one attached hydrogen (secondary N) is 1. The fraction of sp³-hybridized carbons (Fsp3) is 0.667. The van der Waals surface area contributed by atoms with Crippen LogP contribution in [0.4, 0.5) is 0 Å². The quantitative estimate of drug-likeness (QED) is 0.557. The van der Waals surface area contributed by atoms with Gasteiger partial charge in [-0.05, 0) is 31.0 Å². The second kappa shape index (κ2) is 5.23. The van der Waals surface area contributed by atoms with Crippen molar-refractivity contribution in [3.05, 3.63) is 0 Å². The van der Waals surface area contributed by atoms with Crippen molar-refractivity contribution in [1.29, 1.82) is 0 Å². The third-order valence-electron chi connectivity index (χ3n) is 0.846. The number of carbonyl (C=O) groups is 1. The van der Waals surface area contributed by atoms with Crippen LogP contribution in [0.1, 0.15) is 20.8 Å². The number of sulfonamides is 1. The van der Waals surface area contributed by atoms with Gasteiger partial charge in [-0.2, -0.15) is 8.42 Å². The van der Waals surface area contributed by atoms with Gasteiger partial charge in [0.1, 0.15) is 0 Å². The topological polar surface area (TPSA) is 81.7 Å². The van der Waals surface area contributed by atoms with Gasteiger partial charge in [0.15, 0.2) is 0 Å². The summed E-state index contributed by atoms with van der Waals surface area (Å²) in [7, 11) is -4.03. The minimum Gasteiger partial charge on any atom is -0.471 e. The Bertz CT molecular complexity index is 321. The van der Waals surface area contributed by atoms with Crippen LogP contribution in [0, 0.1) is 0 Å². The Hall–Kier alpha value is -0.730. The van der Waals surface area contributed by atoms with Crippen LogP contribution in [0.2, 0.25) is 0 Å². The first-order valence-electron chi connectivity index (χ1n) is 3.65. The van der Waals surface area contributed by atoms with E-state index in [0.29, 0.717) is 0 Å². The molecule has 0 rings (SSSR count). The molecule has 0 bridgehead atoms. The van der Waals surface area contributed by atoms with Gasteiger partial charge in [-0.15, -0.1) is 0 Å². The van der Waals surface area contributed by atoms with Gasteiger partial charge in [0, 0.05) is 6.92 Å². The van der Waals surface area contributed by atoms with Gasteiger partial charge in [0.05, 0.1) is 6.10 Å². The van der Waals surface area contributed by atoms with Gasteiger partial charge in [-0.3, -0.25) is 4.79 Å². The van der Waals surface area contributed by atoms with E-state index in [4.69, 9.17) is 4.74 Å². The predicted octanol–water partition coefficient (Wildman–Crippen LogP) is 0.0938.